The third-order valence-electron chi connectivity index (χ3n) is 6.33. The highest BCUT2D eigenvalue weighted by atomic mass is 16.5. The molecule has 2 aromatic heterocycles. The van der Waals surface area contributed by atoms with E-state index < -0.39 is 0 Å². The molecule has 2 heterocycles. The molecule has 0 amide bonds. The van der Waals surface area contributed by atoms with Crippen LogP contribution in [0.15, 0.2) is 66.9 Å². The van der Waals surface area contributed by atoms with Crippen LogP contribution in [0.25, 0.3) is 28.0 Å². The van der Waals surface area contributed by atoms with Gasteiger partial charge in [-0.2, -0.15) is 0 Å². The second-order valence-corrected chi connectivity index (χ2v) is 8.62. The number of hydrogen-bond donors (Lipinski definition) is 0. The van der Waals surface area contributed by atoms with Crippen molar-refractivity contribution < 1.29 is 4.74 Å². The van der Waals surface area contributed by atoms with Gasteiger partial charge in [-0.25, -0.2) is 9.67 Å². The SMILES string of the molecule is Cc1ccc(Oc2cccc3nc(-c4cn(-c5cc(C)c(C)c(C)c5)nn4)ccc23)cc1C. The summed E-state index contributed by atoms with van der Waals surface area (Å²) in [6.45, 7) is 10.6. The summed E-state index contributed by atoms with van der Waals surface area (Å²) in [6.07, 6.45) is 1.92. The van der Waals surface area contributed by atoms with E-state index in [1.807, 2.05) is 42.6 Å². The average Bonchev–Trinajstić information content (AvgIpc) is 3.30. The second kappa shape index (κ2) is 8.17. The molecule has 0 unspecified atom stereocenters. The van der Waals surface area contributed by atoms with Crippen LogP contribution < -0.4 is 4.74 Å². The van der Waals surface area contributed by atoms with Crippen molar-refractivity contribution in [2.45, 2.75) is 34.6 Å². The topological polar surface area (TPSA) is 52.8 Å². The molecular formula is C28H26N4O. The molecule has 0 spiro atoms. The highest BCUT2D eigenvalue weighted by Gasteiger charge is 2.11. The first-order valence-corrected chi connectivity index (χ1v) is 11.0. The normalized spacial score (nSPS) is 11.2. The fourth-order valence-electron chi connectivity index (χ4n) is 3.92. The average molecular weight is 435 g/mol. The molecular weight excluding hydrogens is 408 g/mol. The van der Waals surface area contributed by atoms with E-state index in [1.165, 1.54) is 27.8 Å². The maximum atomic E-state index is 6.19. The van der Waals surface area contributed by atoms with E-state index in [2.05, 4.69) is 69.2 Å². The molecule has 0 aliphatic carbocycles. The molecule has 33 heavy (non-hydrogen) atoms. The lowest BCUT2D eigenvalue weighted by Crippen LogP contribution is -1.98. The molecule has 3 aromatic carbocycles. The monoisotopic (exact) mass is 434 g/mol. The lowest BCUT2D eigenvalue weighted by atomic mass is 10.0. The third-order valence-corrected chi connectivity index (χ3v) is 6.33. The number of aromatic nitrogens is 4. The number of rotatable bonds is 4. The zero-order chi connectivity index (χ0) is 23.1. The summed E-state index contributed by atoms with van der Waals surface area (Å²) in [7, 11) is 0. The van der Waals surface area contributed by atoms with Crippen molar-refractivity contribution in [3.05, 3.63) is 94.7 Å². The molecule has 0 aliphatic heterocycles. The molecule has 164 valence electrons. The summed E-state index contributed by atoms with van der Waals surface area (Å²) in [5.74, 6) is 1.60. The number of benzene rings is 3. The predicted molar refractivity (Wildman–Crippen MR) is 132 cm³/mol. The van der Waals surface area contributed by atoms with Gasteiger partial charge >= 0.3 is 0 Å². The van der Waals surface area contributed by atoms with Gasteiger partial charge in [0.15, 0.2) is 0 Å². The Bertz CT molecular complexity index is 1480. The highest BCUT2D eigenvalue weighted by Crippen LogP contribution is 2.31. The lowest BCUT2D eigenvalue weighted by Gasteiger charge is -2.10. The molecule has 0 atom stereocenters. The molecule has 0 bridgehead atoms. The van der Waals surface area contributed by atoms with Crippen LogP contribution in [0.3, 0.4) is 0 Å². The number of fused-ring (bicyclic) bond motifs is 1. The second-order valence-electron chi connectivity index (χ2n) is 8.62. The van der Waals surface area contributed by atoms with Crippen LogP contribution in [-0.2, 0) is 0 Å². The van der Waals surface area contributed by atoms with Crippen molar-refractivity contribution in [3.8, 4) is 28.6 Å². The third kappa shape index (κ3) is 3.98. The van der Waals surface area contributed by atoms with Crippen LogP contribution in [0.5, 0.6) is 11.5 Å². The van der Waals surface area contributed by atoms with Gasteiger partial charge in [0, 0.05) is 5.39 Å². The quantitative estimate of drug-likeness (QED) is 0.311. The van der Waals surface area contributed by atoms with Crippen molar-refractivity contribution in [2.75, 3.05) is 0 Å². The van der Waals surface area contributed by atoms with Gasteiger partial charge in [0.05, 0.1) is 23.1 Å². The van der Waals surface area contributed by atoms with Gasteiger partial charge in [0.1, 0.15) is 17.2 Å². The minimum Gasteiger partial charge on any atom is -0.457 e. The molecule has 5 rings (SSSR count). The van der Waals surface area contributed by atoms with Crippen LogP contribution in [0.4, 0.5) is 0 Å². The summed E-state index contributed by atoms with van der Waals surface area (Å²) < 4.78 is 8.00. The van der Waals surface area contributed by atoms with Gasteiger partial charge in [0.25, 0.3) is 0 Å². The van der Waals surface area contributed by atoms with Crippen LogP contribution in [0.1, 0.15) is 27.8 Å². The molecule has 0 saturated carbocycles. The van der Waals surface area contributed by atoms with E-state index in [-0.39, 0.29) is 0 Å². The zero-order valence-corrected chi connectivity index (χ0v) is 19.5. The highest BCUT2D eigenvalue weighted by molar-refractivity contribution is 5.87. The molecule has 0 saturated heterocycles. The van der Waals surface area contributed by atoms with E-state index in [0.717, 1.165) is 39.5 Å². The lowest BCUT2D eigenvalue weighted by molar-refractivity contribution is 0.487. The van der Waals surface area contributed by atoms with Gasteiger partial charge in [-0.3, -0.25) is 0 Å². The molecule has 0 fully saturated rings. The molecule has 0 aliphatic rings. The Hall–Kier alpha value is -3.99. The fourth-order valence-corrected chi connectivity index (χ4v) is 3.92. The Labute approximate surface area is 193 Å². The zero-order valence-electron chi connectivity index (χ0n) is 19.5. The number of pyridine rings is 1. The number of ether oxygens (including phenoxy) is 1. The van der Waals surface area contributed by atoms with Crippen LogP contribution >= 0.6 is 0 Å². The molecule has 0 N–H and O–H groups in total. The predicted octanol–water partition coefficient (Wildman–Crippen LogP) is 6.82. The van der Waals surface area contributed by atoms with Crippen molar-refractivity contribution in [1.82, 2.24) is 20.0 Å². The molecule has 5 heteroatoms. The Morgan fingerprint density at radius 1 is 0.727 bits per heavy atom. The molecule has 5 nitrogen and oxygen atoms in total. The van der Waals surface area contributed by atoms with E-state index in [1.54, 1.807) is 4.68 Å². The fraction of sp³-hybridized carbons (Fsp3) is 0.179. The first-order valence-electron chi connectivity index (χ1n) is 11.0. The first kappa shape index (κ1) is 20.9. The number of nitrogens with zero attached hydrogens (tertiary/aromatic N) is 4. The maximum Gasteiger partial charge on any atom is 0.136 e. The Kier molecular flexibility index (Phi) is 5.17. The van der Waals surface area contributed by atoms with Crippen molar-refractivity contribution in [1.29, 1.82) is 0 Å². The van der Waals surface area contributed by atoms with Gasteiger partial charge < -0.3 is 4.74 Å². The van der Waals surface area contributed by atoms with Gasteiger partial charge in [-0.1, -0.05) is 17.3 Å². The Morgan fingerprint density at radius 2 is 1.52 bits per heavy atom. The summed E-state index contributed by atoms with van der Waals surface area (Å²) in [5.41, 5.74) is 9.58. The number of hydrogen-bond acceptors (Lipinski definition) is 4. The van der Waals surface area contributed by atoms with E-state index >= 15 is 0 Å². The van der Waals surface area contributed by atoms with Gasteiger partial charge in [-0.05, 0) is 111 Å². The summed E-state index contributed by atoms with van der Waals surface area (Å²) in [5, 5.41) is 9.68. The first-order chi connectivity index (χ1) is 15.9. The number of aryl methyl sites for hydroxylation is 4. The summed E-state index contributed by atoms with van der Waals surface area (Å²) in [4.78, 5) is 4.84. The van der Waals surface area contributed by atoms with E-state index in [9.17, 15) is 0 Å². The van der Waals surface area contributed by atoms with E-state index in [0.29, 0.717) is 0 Å². The van der Waals surface area contributed by atoms with Crippen molar-refractivity contribution >= 4 is 10.9 Å². The Morgan fingerprint density at radius 3 is 2.27 bits per heavy atom. The van der Waals surface area contributed by atoms with Gasteiger partial charge in [0.2, 0.25) is 0 Å². The smallest absolute Gasteiger partial charge is 0.136 e. The standard InChI is InChI=1S/C28H26N4O/c1-17-9-10-23(15-18(17)2)33-28-8-6-7-25-24(28)11-12-26(29-25)27-16-32(31-30-27)22-13-19(3)21(5)20(4)14-22/h6-16H,1-5H3. The van der Waals surface area contributed by atoms with Crippen LogP contribution in [0.2, 0.25) is 0 Å². The van der Waals surface area contributed by atoms with Crippen LogP contribution in [0, 0.1) is 34.6 Å². The van der Waals surface area contributed by atoms with E-state index in [4.69, 9.17) is 9.72 Å². The minimum absolute atomic E-state index is 0.730. The van der Waals surface area contributed by atoms with Gasteiger partial charge in [-0.15, -0.1) is 5.10 Å². The molecule has 5 aromatic rings. The summed E-state index contributed by atoms with van der Waals surface area (Å²) >= 11 is 0. The maximum absolute atomic E-state index is 6.19. The largest absolute Gasteiger partial charge is 0.457 e. The minimum atomic E-state index is 0.730. The van der Waals surface area contributed by atoms with Crippen LogP contribution in [-0.4, -0.2) is 20.0 Å². The molecule has 0 radical (unpaired) electrons. The Balaban J connectivity index is 1.48. The summed E-state index contributed by atoms with van der Waals surface area (Å²) in [6, 6.07) is 20.3. The van der Waals surface area contributed by atoms with Crippen molar-refractivity contribution in [2.24, 2.45) is 0 Å². The van der Waals surface area contributed by atoms with Crippen molar-refractivity contribution in [3.63, 3.8) is 0 Å².